The van der Waals surface area contributed by atoms with Crippen molar-refractivity contribution in [2.24, 2.45) is 0 Å². The number of aromatic amines is 1. The van der Waals surface area contributed by atoms with Crippen molar-refractivity contribution in [3.8, 4) is 84.1 Å². The molecule has 1 N–H and O–H groups in total. The van der Waals surface area contributed by atoms with Crippen molar-refractivity contribution in [1.82, 2.24) is 18.7 Å². The van der Waals surface area contributed by atoms with Gasteiger partial charge in [0.2, 0.25) is 0 Å². The van der Waals surface area contributed by atoms with Crippen molar-refractivity contribution >= 4 is 81.3 Å². The molecule has 0 aliphatic rings. The Balaban J connectivity index is 0.000000123. The standard InChI is InChI=1S/C44H30N2.C26H19N.C18H12BrN/c1-3-13-31(14-4-1)32-23-25-34(26-24-32)44-43(33-15-5-2-6-16-33)39-19-9-12-22-42(39)46(44)36-29-27-35(28-30-36)45-40-20-10-7-17-37(40)38-18-8-11-21-41(38)45;1-3-9-19(10-4-1)20-15-17-22(18-16-20)26-25(21-11-5-2-6-12-21)23-13-7-8-14-24(23)27-26;19-13-9-11-14(12-10-13)20-17-7-3-1-5-15(17)16-6-2-4-8-18(16)20/h1-30H;1-18,27H;1-12H. The maximum Gasteiger partial charge on any atom is 0.0619 e. The highest BCUT2D eigenvalue weighted by atomic mass is 79.9. The van der Waals surface area contributed by atoms with E-state index >= 15 is 0 Å². The second-order valence-electron chi connectivity index (χ2n) is 23.3. The van der Waals surface area contributed by atoms with Crippen LogP contribution in [-0.2, 0) is 0 Å². The number of nitrogens with zero attached hydrogens (tertiary/aromatic N) is 3. The van der Waals surface area contributed by atoms with E-state index in [9.17, 15) is 0 Å². The van der Waals surface area contributed by atoms with Gasteiger partial charge in [-0.15, -0.1) is 0 Å². The zero-order chi connectivity index (χ0) is 62.0. The van der Waals surface area contributed by atoms with Gasteiger partial charge >= 0.3 is 0 Å². The van der Waals surface area contributed by atoms with Crippen LogP contribution in [-0.4, -0.2) is 18.7 Å². The van der Waals surface area contributed by atoms with Crippen LogP contribution < -0.4 is 0 Å². The summed E-state index contributed by atoms with van der Waals surface area (Å²) in [6, 6.07) is 130. The van der Waals surface area contributed by atoms with Gasteiger partial charge in [0.25, 0.3) is 0 Å². The maximum absolute atomic E-state index is 3.64. The average Bonchev–Trinajstić information content (AvgIpc) is 1.80. The van der Waals surface area contributed by atoms with Crippen molar-refractivity contribution in [1.29, 1.82) is 0 Å². The largest absolute Gasteiger partial charge is 0.354 e. The molecule has 18 rings (SSSR count). The molecule has 93 heavy (non-hydrogen) atoms. The molecule has 18 aromatic rings. The Morgan fingerprint density at radius 2 is 0.495 bits per heavy atom. The van der Waals surface area contributed by atoms with Crippen LogP contribution in [0.2, 0.25) is 0 Å². The molecule has 0 saturated carbocycles. The number of hydrogen-bond acceptors (Lipinski definition) is 0. The highest BCUT2D eigenvalue weighted by Crippen LogP contribution is 2.45. The second kappa shape index (κ2) is 24.9. The van der Waals surface area contributed by atoms with E-state index in [-0.39, 0.29) is 0 Å². The van der Waals surface area contributed by atoms with E-state index < -0.39 is 0 Å². The lowest BCUT2D eigenvalue weighted by atomic mass is 9.97. The second-order valence-corrected chi connectivity index (χ2v) is 24.3. The smallest absolute Gasteiger partial charge is 0.0619 e. The molecule has 0 bridgehead atoms. The summed E-state index contributed by atoms with van der Waals surface area (Å²) in [6.45, 7) is 0. The first-order valence-corrected chi connectivity index (χ1v) is 32.4. The highest BCUT2D eigenvalue weighted by molar-refractivity contribution is 9.10. The minimum Gasteiger partial charge on any atom is -0.354 e. The predicted octanol–water partition coefficient (Wildman–Crippen LogP) is 24.4. The fraction of sp³-hybridized carbons (Fsp3) is 0. The maximum atomic E-state index is 3.64. The molecule has 4 aromatic heterocycles. The minimum atomic E-state index is 1.10. The first kappa shape index (κ1) is 56.5. The van der Waals surface area contributed by atoms with Gasteiger partial charge in [0.15, 0.2) is 0 Å². The quantitative estimate of drug-likeness (QED) is 0.149. The third-order valence-electron chi connectivity index (χ3n) is 17.9. The van der Waals surface area contributed by atoms with Crippen molar-refractivity contribution in [2.75, 3.05) is 0 Å². The zero-order valence-corrected chi connectivity index (χ0v) is 52.4. The van der Waals surface area contributed by atoms with Crippen LogP contribution in [0.1, 0.15) is 0 Å². The number of halogens is 1. The van der Waals surface area contributed by atoms with Gasteiger partial charge in [-0.1, -0.05) is 295 Å². The molecule has 440 valence electrons. The Kier molecular flexibility index (Phi) is 15.1. The number of benzene rings is 14. The number of aromatic nitrogens is 4. The predicted molar refractivity (Wildman–Crippen MR) is 397 cm³/mol. The fourth-order valence-electron chi connectivity index (χ4n) is 13.6. The minimum absolute atomic E-state index is 1.10. The number of para-hydroxylation sites is 6. The molecular weight excluding hydrogens is 1190 g/mol. The molecule has 0 radical (unpaired) electrons. The van der Waals surface area contributed by atoms with Gasteiger partial charge in [-0.25, -0.2) is 0 Å². The third-order valence-corrected chi connectivity index (χ3v) is 18.4. The van der Waals surface area contributed by atoms with E-state index in [2.05, 4.69) is 399 Å². The van der Waals surface area contributed by atoms with Crippen molar-refractivity contribution in [2.45, 2.75) is 0 Å². The molecule has 4 nitrogen and oxygen atoms in total. The number of rotatable bonds is 9. The SMILES string of the molecule is Brc1ccc(-n2c3ccccc3c3ccccc32)cc1.c1ccc(-c2ccc(-c3[nH]c4ccccc4c3-c3ccccc3)cc2)cc1.c1ccc(-c2ccc(-c3c(-c4ccccc4)c4ccccc4n3-c3ccc(-n4c5ccccc5c5ccccc54)cc3)cc2)cc1. The lowest BCUT2D eigenvalue weighted by Crippen LogP contribution is -1.99. The number of H-pyrrole nitrogens is 1. The number of hydrogen-bond donors (Lipinski definition) is 1. The van der Waals surface area contributed by atoms with E-state index in [1.807, 2.05) is 0 Å². The van der Waals surface area contributed by atoms with Gasteiger partial charge in [-0.3, -0.25) is 0 Å². The first-order chi connectivity index (χ1) is 46.1. The van der Waals surface area contributed by atoms with Gasteiger partial charge in [-0.2, -0.15) is 0 Å². The van der Waals surface area contributed by atoms with Gasteiger partial charge in [0.1, 0.15) is 0 Å². The molecular formula is C88H61BrN4. The summed E-state index contributed by atoms with van der Waals surface area (Å²) >= 11 is 3.50. The Labute approximate surface area is 548 Å². The molecule has 0 aliphatic carbocycles. The summed E-state index contributed by atoms with van der Waals surface area (Å²) in [5.74, 6) is 0. The van der Waals surface area contributed by atoms with E-state index in [0.29, 0.717) is 0 Å². The third kappa shape index (κ3) is 10.7. The molecule has 4 heterocycles. The Bertz CT molecular complexity index is 5520. The topological polar surface area (TPSA) is 30.6 Å². The van der Waals surface area contributed by atoms with Gasteiger partial charge in [-0.05, 0) is 129 Å². The molecule has 0 atom stereocenters. The molecule has 5 heteroatoms. The zero-order valence-electron chi connectivity index (χ0n) is 50.9. The lowest BCUT2D eigenvalue weighted by molar-refractivity contribution is 1.12. The van der Waals surface area contributed by atoms with Gasteiger partial charge in [0.05, 0.1) is 39.0 Å². The Morgan fingerprint density at radius 1 is 0.204 bits per heavy atom. The van der Waals surface area contributed by atoms with Crippen molar-refractivity contribution < 1.29 is 0 Å². The molecule has 0 spiro atoms. The summed E-state index contributed by atoms with van der Waals surface area (Å²) in [4.78, 5) is 3.64. The van der Waals surface area contributed by atoms with Crippen LogP contribution in [0.15, 0.2) is 368 Å². The normalized spacial score (nSPS) is 11.3. The summed E-state index contributed by atoms with van der Waals surface area (Å²) in [7, 11) is 0. The number of nitrogens with one attached hydrogen (secondary N) is 1. The molecule has 0 saturated heterocycles. The summed E-state index contributed by atoms with van der Waals surface area (Å²) in [5, 5.41) is 7.63. The number of fused-ring (bicyclic) bond motifs is 8. The van der Waals surface area contributed by atoms with E-state index in [0.717, 1.165) is 15.8 Å². The van der Waals surface area contributed by atoms with E-state index in [1.165, 1.54) is 138 Å². The van der Waals surface area contributed by atoms with Crippen LogP contribution in [0, 0.1) is 0 Å². The van der Waals surface area contributed by atoms with Crippen LogP contribution in [0.5, 0.6) is 0 Å². The van der Waals surface area contributed by atoms with Crippen molar-refractivity contribution in [3.63, 3.8) is 0 Å². The van der Waals surface area contributed by atoms with Gasteiger partial charge < -0.3 is 18.7 Å². The Hall–Kier alpha value is -11.8. The lowest BCUT2D eigenvalue weighted by Gasteiger charge is -2.15. The summed E-state index contributed by atoms with van der Waals surface area (Å²) in [6.07, 6.45) is 0. The molecule has 0 amide bonds. The van der Waals surface area contributed by atoms with Crippen LogP contribution in [0.3, 0.4) is 0 Å². The summed E-state index contributed by atoms with van der Waals surface area (Å²) in [5.41, 5.74) is 25.3. The van der Waals surface area contributed by atoms with E-state index in [4.69, 9.17) is 0 Å². The average molecular weight is 1250 g/mol. The highest BCUT2D eigenvalue weighted by Gasteiger charge is 2.22. The molecule has 14 aromatic carbocycles. The monoisotopic (exact) mass is 1250 g/mol. The van der Waals surface area contributed by atoms with Crippen molar-refractivity contribution in [3.05, 3.63) is 368 Å². The summed E-state index contributed by atoms with van der Waals surface area (Å²) < 4.78 is 8.23. The Morgan fingerprint density at radius 3 is 0.925 bits per heavy atom. The first-order valence-electron chi connectivity index (χ1n) is 31.6. The molecule has 0 aliphatic heterocycles. The van der Waals surface area contributed by atoms with Crippen LogP contribution in [0.4, 0.5) is 0 Å². The van der Waals surface area contributed by atoms with Crippen LogP contribution in [0.25, 0.3) is 150 Å². The fourth-order valence-corrected chi connectivity index (χ4v) is 13.9. The molecule has 0 fully saturated rings. The van der Waals surface area contributed by atoms with Gasteiger partial charge in [0, 0.05) is 70.5 Å². The van der Waals surface area contributed by atoms with E-state index in [1.54, 1.807) is 0 Å². The van der Waals surface area contributed by atoms with Crippen LogP contribution >= 0.6 is 15.9 Å². The molecule has 0 unspecified atom stereocenters.